The second-order valence-electron chi connectivity index (χ2n) is 7.35. The lowest BCUT2D eigenvalue weighted by Crippen LogP contribution is -2.15. The van der Waals surface area contributed by atoms with Gasteiger partial charge in [-0.15, -0.1) is 0 Å². The van der Waals surface area contributed by atoms with Crippen molar-refractivity contribution in [1.82, 2.24) is 0 Å². The molecule has 2 aliphatic rings. The monoisotopic (exact) mass is 364 g/mol. The Hall–Kier alpha value is -2.82. The molecule has 0 aromatic heterocycles. The van der Waals surface area contributed by atoms with E-state index < -0.39 is 0 Å². The highest BCUT2D eigenvalue weighted by molar-refractivity contribution is 6.05. The van der Waals surface area contributed by atoms with Gasteiger partial charge in [0.15, 0.2) is 0 Å². The number of hydrogen-bond donors (Lipinski definition) is 2. The van der Waals surface area contributed by atoms with Crippen LogP contribution in [0.3, 0.4) is 0 Å². The summed E-state index contributed by atoms with van der Waals surface area (Å²) in [5, 5.41) is 5.78. The van der Waals surface area contributed by atoms with Gasteiger partial charge in [0.1, 0.15) is 5.75 Å². The van der Waals surface area contributed by atoms with E-state index in [-0.39, 0.29) is 23.8 Å². The molecule has 0 radical (unpaired) electrons. The number of rotatable bonds is 6. The molecule has 0 spiro atoms. The van der Waals surface area contributed by atoms with Gasteiger partial charge in [0.2, 0.25) is 5.91 Å². The Balaban J connectivity index is 1.40. The Labute approximate surface area is 159 Å². The molecule has 2 aromatic carbocycles. The summed E-state index contributed by atoms with van der Waals surface area (Å²) in [6.45, 7) is 0. The van der Waals surface area contributed by atoms with Crippen molar-refractivity contribution < 1.29 is 14.3 Å². The first-order valence-corrected chi connectivity index (χ1v) is 9.66. The summed E-state index contributed by atoms with van der Waals surface area (Å²) < 4.78 is 6.00. The van der Waals surface area contributed by atoms with Gasteiger partial charge in [-0.3, -0.25) is 9.59 Å². The molecule has 0 bridgehead atoms. The number of anilines is 2. The predicted molar refractivity (Wildman–Crippen MR) is 105 cm³/mol. The Bertz CT molecular complexity index is 839. The number of ether oxygens (including phenoxy) is 1. The van der Waals surface area contributed by atoms with Gasteiger partial charge in [-0.1, -0.05) is 12.1 Å². The average Bonchev–Trinajstić information content (AvgIpc) is 3.40. The number of carbonyl (C=O) groups is 2. The van der Waals surface area contributed by atoms with Gasteiger partial charge in [-0.05, 0) is 68.9 Å². The molecule has 4 rings (SSSR count). The number of amides is 2. The van der Waals surface area contributed by atoms with Gasteiger partial charge in [0.05, 0.1) is 6.10 Å². The SMILES string of the molecule is O=C(Nc1cccc(OC2CCCC2)c1)c1cccc(NC(=O)C2CC2)c1. The molecule has 27 heavy (non-hydrogen) atoms. The summed E-state index contributed by atoms with van der Waals surface area (Å²) in [5.74, 6) is 0.732. The summed E-state index contributed by atoms with van der Waals surface area (Å²) in [5.41, 5.74) is 1.85. The highest BCUT2D eigenvalue weighted by atomic mass is 16.5. The van der Waals surface area contributed by atoms with Gasteiger partial charge < -0.3 is 15.4 Å². The second kappa shape index (κ2) is 7.82. The van der Waals surface area contributed by atoms with Crippen LogP contribution in [0.2, 0.25) is 0 Å². The number of carbonyl (C=O) groups excluding carboxylic acids is 2. The lowest BCUT2D eigenvalue weighted by Gasteiger charge is -2.14. The first kappa shape index (κ1) is 17.6. The number of benzene rings is 2. The van der Waals surface area contributed by atoms with Crippen molar-refractivity contribution in [3.05, 3.63) is 54.1 Å². The van der Waals surface area contributed by atoms with Crippen LogP contribution in [0.25, 0.3) is 0 Å². The molecule has 0 atom stereocenters. The first-order valence-electron chi connectivity index (χ1n) is 9.66. The van der Waals surface area contributed by atoms with Crippen LogP contribution in [-0.2, 0) is 4.79 Å². The van der Waals surface area contributed by atoms with Crippen LogP contribution in [0.5, 0.6) is 5.75 Å². The van der Waals surface area contributed by atoms with Crippen molar-refractivity contribution in [3.63, 3.8) is 0 Å². The Morgan fingerprint density at radius 1 is 0.852 bits per heavy atom. The van der Waals surface area contributed by atoms with Crippen LogP contribution in [0.1, 0.15) is 48.9 Å². The van der Waals surface area contributed by atoms with E-state index in [0.717, 1.165) is 31.4 Å². The van der Waals surface area contributed by atoms with Crippen LogP contribution in [0.4, 0.5) is 11.4 Å². The lowest BCUT2D eigenvalue weighted by molar-refractivity contribution is -0.117. The minimum absolute atomic E-state index is 0.0318. The van der Waals surface area contributed by atoms with Crippen molar-refractivity contribution in [3.8, 4) is 5.75 Å². The largest absolute Gasteiger partial charge is 0.490 e. The normalized spacial score (nSPS) is 16.7. The summed E-state index contributed by atoms with van der Waals surface area (Å²) >= 11 is 0. The fourth-order valence-electron chi connectivity index (χ4n) is 3.38. The van der Waals surface area contributed by atoms with E-state index in [2.05, 4.69) is 10.6 Å². The predicted octanol–water partition coefficient (Wildman–Crippen LogP) is 4.61. The van der Waals surface area contributed by atoms with Crippen LogP contribution in [0, 0.1) is 5.92 Å². The highest BCUT2D eigenvalue weighted by Gasteiger charge is 2.29. The molecule has 5 heteroatoms. The van der Waals surface area contributed by atoms with Gasteiger partial charge in [-0.25, -0.2) is 0 Å². The summed E-state index contributed by atoms with van der Waals surface area (Å²) in [4.78, 5) is 24.5. The second-order valence-corrected chi connectivity index (χ2v) is 7.35. The Morgan fingerprint density at radius 3 is 2.30 bits per heavy atom. The summed E-state index contributed by atoms with van der Waals surface area (Å²) in [7, 11) is 0. The fourth-order valence-corrected chi connectivity index (χ4v) is 3.38. The van der Waals surface area contributed by atoms with Crippen molar-refractivity contribution >= 4 is 23.2 Å². The molecule has 140 valence electrons. The van der Waals surface area contributed by atoms with E-state index in [1.807, 2.05) is 24.3 Å². The maximum Gasteiger partial charge on any atom is 0.255 e. The van der Waals surface area contributed by atoms with E-state index in [9.17, 15) is 9.59 Å². The molecule has 0 aliphatic heterocycles. The molecule has 2 saturated carbocycles. The molecular formula is C22H24N2O3. The molecule has 2 aromatic rings. The van der Waals surface area contributed by atoms with Crippen LogP contribution >= 0.6 is 0 Å². The molecule has 0 unspecified atom stereocenters. The zero-order chi connectivity index (χ0) is 18.6. The molecule has 2 fully saturated rings. The quantitative estimate of drug-likeness (QED) is 0.787. The summed E-state index contributed by atoms with van der Waals surface area (Å²) in [6, 6.07) is 14.5. The van der Waals surface area contributed by atoms with Crippen molar-refractivity contribution in [2.45, 2.75) is 44.6 Å². The third-order valence-electron chi connectivity index (χ3n) is 5.04. The van der Waals surface area contributed by atoms with Crippen LogP contribution in [0.15, 0.2) is 48.5 Å². The minimum Gasteiger partial charge on any atom is -0.490 e. The van der Waals surface area contributed by atoms with Gasteiger partial charge in [-0.2, -0.15) is 0 Å². The fraction of sp³-hybridized carbons (Fsp3) is 0.364. The van der Waals surface area contributed by atoms with Gasteiger partial charge in [0.25, 0.3) is 5.91 Å². The van der Waals surface area contributed by atoms with E-state index in [4.69, 9.17) is 4.74 Å². The molecular weight excluding hydrogens is 340 g/mol. The topological polar surface area (TPSA) is 67.4 Å². The van der Waals surface area contributed by atoms with Crippen LogP contribution in [-0.4, -0.2) is 17.9 Å². The zero-order valence-electron chi connectivity index (χ0n) is 15.2. The van der Waals surface area contributed by atoms with E-state index >= 15 is 0 Å². The molecule has 2 N–H and O–H groups in total. The minimum atomic E-state index is -0.212. The van der Waals surface area contributed by atoms with E-state index in [0.29, 0.717) is 16.9 Å². The van der Waals surface area contributed by atoms with Crippen molar-refractivity contribution in [2.75, 3.05) is 10.6 Å². The molecule has 0 heterocycles. The smallest absolute Gasteiger partial charge is 0.255 e. The molecule has 5 nitrogen and oxygen atoms in total. The standard InChI is InChI=1S/C22H24N2O3/c25-21(15-11-12-15)23-17-6-3-5-16(13-17)22(26)24-18-7-4-10-20(14-18)27-19-8-1-2-9-19/h3-7,10,13-15,19H,1-2,8-9,11-12H2,(H,23,25)(H,24,26). The Kier molecular flexibility index (Phi) is 5.10. The van der Waals surface area contributed by atoms with Crippen LogP contribution < -0.4 is 15.4 Å². The van der Waals surface area contributed by atoms with E-state index in [1.165, 1.54) is 12.8 Å². The highest BCUT2D eigenvalue weighted by Crippen LogP contribution is 2.30. The third-order valence-corrected chi connectivity index (χ3v) is 5.04. The lowest BCUT2D eigenvalue weighted by atomic mass is 10.1. The molecule has 0 saturated heterocycles. The van der Waals surface area contributed by atoms with Crippen molar-refractivity contribution in [1.29, 1.82) is 0 Å². The zero-order valence-corrected chi connectivity index (χ0v) is 15.2. The Morgan fingerprint density at radius 2 is 1.56 bits per heavy atom. The van der Waals surface area contributed by atoms with Crippen molar-refractivity contribution in [2.24, 2.45) is 5.92 Å². The molecule has 2 aliphatic carbocycles. The first-order chi connectivity index (χ1) is 13.2. The maximum atomic E-state index is 12.6. The number of hydrogen-bond acceptors (Lipinski definition) is 3. The third kappa shape index (κ3) is 4.67. The van der Waals surface area contributed by atoms with Gasteiger partial charge in [0, 0.05) is 28.9 Å². The van der Waals surface area contributed by atoms with E-state index in [1.54, 1.807) is 24.3 Å². The molecule has 2 amide bonds. The number of nitrogens with one attached hydrogen (secondary N) is 2. The average molecular weight is 364 g/mol. The maximum absolute atomic E-state index is 12.6. The van der Waals surface area contributed by atoms with Gasteiger partial charge >= 0.3 is 0 Å². The summed E-state index contributed by atoms with van der Waals surface area (Å²) in [6.07, 6.45) is 6.80.